The Morgan fingerprint density at radius 2 is 1.88 bits per heavy atom. The number of ether oxygens (including phenoxy) is 1. The lowest BCUT2D eigenvalue weighted by atomic mass is 10.1. The number of carboxylic acid groups (broad SMARTS) is 1. The van der Waals surface area contributed by atoms with Gasteiger partial charge in [0, 0.05) is 24.1 Å². The number of aliphatic carboxylic acids is 1. The van der Waals surface area contributed by atoms with Crippen LogP contribution in [0.2, 0.25) is 0 Å². The monoisotopic (exact) mass is 412 g/mol. The van der Waals surface area contributed by atoms with E-state index in [-0.39, 0.29) is 16.4 Å². The summed E-state index contributed by atoms with van der Waals surface area (Å²) in [6.07, 6.45) is 1.36. The van der Waals surface area contributed by atoms with Gasteiger partial charge in [0.15, 0.2) is 11.7 Å². The van der Waals surface area contributed by atoms with Crippen molar-refractivity contribution in [3.05, 3.63) is 33.8 Å². The summed E-state index contributed by atoms with van der Waals surface area (Å²) in [5.41, 5.74) is 0.309. The molecular formula is C15H13BrN2O5S. The molecule has 2 amide bonds. The van der Waals surface area contributed by atoms with Crippen molar-refractivity contribution in [2.24, 2.45) is 0 Å². The van der Waals surface area contributed by atoms with Gasteiger partial charge in [0.25, 0.3) is 11.8 Å². The predicted octanol–water partition coefficient (Wildman–Crippen LogP) is 1.51. The summed E-state index contributed by atoms with van der Waals surface area (Å²) >= 11 is 8.32. The number of hydrogen-bond donors (Lipinski definition) is 1. The van der Waals surface area contributed by atoms with Crippen LogP contribution in [0.1, 0.15) is 5.56 Å². The van der Waals surface area contributed by atoms with E-state index in [2.05, 4.69) is 15.9 Å². The fraction of sp³-hybridized carbons (Fsp3) is 0.200. The first-order valence-electron chi connectivity index (χ1n) is 6.68. The van der Waals surface area contributed by atoms with Crippen molar-refractivity contribution in [2.45, 2.75) is 0 Å². The number of amides is 2. The van der Waals surface area contributed by atoms with Gasteiger partial charge in [-0.1, -0.05) is 15.9 Å². The van der Waals surface area contributed by atoms with Crippen LogP contribution >= 0.6 is 28.1 Å². The molecule has 7 nitrogen and oxygen atoms in total. The number of nitrogens with zero attached hydrogens (tertiary/aromatic N) is 2. The number of likely N-dealkylation sites (N-methyl/N-ethyl adjacent to an activating group) is 2. The second-order valence-corrected chi connectivity index (χ2v) is 6.21. The summed E-state index contributed by atoms with van der Waals surface area (Å²) in [6.45, 7) is -0.538. The molecule has 24 heavy (non-hydrogen) atoms. The zero-order chi connectivity index (χ0) is 18.0. The van der Waals surface area contributed by atoms with E-state index in [1.54, 1.807) is 18.2 Å². The van der Waals surface area contributed by atoms with Crippen molar-refractivity contribution in [1.29, 1.82) is 0 Å². The van der Waals surface area contributed by atoms with E-state index in [1.165, 1.54) is 30.0 Å². The summed E-state index contributed by atoms with van der Waals surface area (Å²) in [5.74, 6) is -1.96. The molecule has 1 saturated heterocycles. The van der Waals surface area contributed by atoms with E-state index in [1.807, 2.05) is 0 Å². The molecule has 0 spiro atoms. The van der Waals surface area contributed by atoms with Gasteiger partial charge in [-0.25, -0.2) is 4.79 Å². The first-order valence-corrected chi connectivity index (χ1v) is 7.88. The maximum Gasteiger partial charge on any atom is 0.341 e. The SMILES string of the molecule is CN1C(=O)C(=Cc2cc(Br)ccc2OCC(=O)O)C(=O)N(C)C1=S. The van der Waals surface area contributed by atoms with Crippen LogP contribution in [0.5, 0.6) is 5.75 Å². The number of carboxylic acids is 1. The Hall–Kier alpha value is -2.26. The van der Waals surface area contributed by atoms with Crippen molar-refractivity contribution in [3.8, 4) is 5.75 Å². The third-order valence-electron chi connectivity index (χ3n) is 3.27. The van der Waals surface area contributed by atoms with Gasteiger partial charge in [0.2, 0.25) is 0 Å². The smallest absolute Gasteiger partial charge is 0.341 e. The molecule has 1 aliphatic heterocycles. The number of hydrogen-bond acceptors (Lipinski definition) is 5. The van der Waals surface area contributed by atoms with Gasteiger partial charge in [-0.2, -0.15) is 0 Å². The number of rotatable bonds is 4. The summed E-state index contributed by atoms with van der Waals surface area (Å²) < 4.78 is 5.88. The van der Waals surface area contributed by atoms with Crippen LogP contribution in [0.3, 0.4) is 0 Å². The van der Waals surface area contributed by atoms with Crippen LogP contribution in [0, 0.1) is 0 Å². The third kappa shape index (κ3) is 3.62. The van der Waals surface area contributed by atoms with Crippen LogP contribution in [0.25, 0.3) is 6.08 Å². The Balaban J connectivity index is 2.47. The summed E-state index contributed by atoms with van der Waals surface area (Å²) in [5, 5.41) is 8.85. The van der Waals surface area contributed by atoms with Gasteiger partial charge >= 0.3 is 5.97 Å². The molecule has 0 bridgehead atoms. The Labute approximate surface area is 151 Å². The molecule has 126 valence electrons. The lowest BCUT2D eigenvalue weighted by Gasteiger charge is -2.31. The summed E-state index contributed by atoms with van der Waals surface area (Å²) in [4.78, 5) is 37.7. The molecule has 0 aliphatic carbocycles. The molecule has 9 heteroatoms. The molecule has 1 aliphatic rings. The van der Waals surface area contributed by atoms with Crippen molar-refractivity contribution >= 4 is 57.1 Å². The van der Waals surface area contributed by atoms with Crippen molar-refractivity contribution in [3.63, 3.8) is 0 Å². The maximum absolute atomic E-state index is 12.3. The van der Waals surface area contributed by atoms with E-state index in [0.717, 1.165) is 0 Å². The second kappa shape index (κ2) is 7.10. The quantitative estimate of drug-likeness (QED) is 0.458. The number of carbonyl (C=O) groups excluding carboxylic acids is 2. The van der Waals surface area contributed by atoms with Crippen LogP contribution in [-0.4, -0.2) is 58.5 Å². The molecule has 1 heterocycles. The number of thiocarbonyl (C=S) groups is 1. The molecule has 1 N–H and O–H groups in total. The minimum atomic E-state index is -1.13. The summed E-state index contributed by atoms with van der Waals surface area (Å²) in [7, 11) is 2.95. The average Bonchev–Trinajstić information content (AvgIpc) is 2.54. The Morgan fingerprint density at radius 3 is 2.42 bits per heavy atom. The molecule has 0 unspecified atom stereocenters. The molecule has 1 fully saturated rings. The van der Waals surface area contributed by atoms with Gasteiger partial charge in [-0.05, 0) is 36.5 Å². The van der Waals surface area contributed by atoms with Crippen molar-refractivity contribution in [2.75, 3.05) is 20.7 Å². The lowest BCUT2D eigenvalue weighted by molar-refractivity contribution is -0.139. The van der Waals surface area contributed by atoms with Gasteiger partial charge < -0.3 is 9.84 Å². The molecule has 0 radical (unpaired) electrons. The van der Waals surface area contributed by atoms with Gasteiger partial charge in [0.1, 0.15) is 11.3 Å². The second-order valence-electron chi connectivity index (χ2n) is 4.93. The van der Waals surface area contributed by atoms with E-state index in [4.69, 9.17) is 22.1 Å². The highest BCUT2D eigenvalue weighted by molar-refractivity contribution is 9.10. The van der Waals surface area contributed by atoms with E-state index >= 15 is 0 Å². The maximum atomic E-state index is 12.3. The average molecular weight is 413 g/mol. The minimum absolute atomic E-state index is 0.0909. The van der Waals surface area contributed by atoms with E-state index in [0.29, 0.717) is 10.0 Å². The van der Waals surface area contributed by atoms with E-state index in [9.17, 15) is 14.4 Å². The molecular weight excluding hydrogens is 400 g/mol. The third-order valence-corrected chi connectivity index (χ3v) is 4.31. The van der Waals surface area contributed by atoms with Crippen LogP contribution < -0.4 is 4.74 Å². The van der Waals surface area contributed by atoms with Crippen LogP contribution in [-0.2, 0) is 14.4 Å². The largest absolute Gasteiger partial charge is 0.481 e. The van der Waals surface area contributed by atoms with Gasteiger partial charge in [-0.15, -0.1) is 0 Å². The zero-order valence-corrected chi connectivity index (χ0v) is 15.2. The van der Waals surface area contributed by atoms with Crippen LogP contribution in [0.4, 0.5) is 0 Å². The predicted molar refractivity (Wildman–Crippen MR) is 93.4 cm³/mol. The molecule has 0 atom stereocenters. The molecule has 0 saturated carbocycles. The first kappa shape index (κ1) is 18.1. The normalized spacial score (nSPS) is 15.0. The highest BCUT2D eigenvalue weighted by Crippen LogP contribution is 2.27. The fourth-order valence-electron chi connectivity index (χ4n) is 2.03. The standard InChI is InChI=1S/C15H13BrN2O5S/c1-17-13(21)10(14(22)18(2)15(17)24)6-8-5-9(16)3-4-11(8)23-7-12(19)20/h3-6H,7H2,1-2H3,(H,19,20). The zero-order valence-electron chi connectivity index (χ0n) is 12.8. The topological polar surface area (TPSA) is 87.1 Å². The molecule has 1 aromatic carbocycles. The Kier molecular flexibility index (Phi) is 5.35. The van der Waals surface area contributed by atoms with Gasteiger partial charge in [0.05, 0.1) is 0 Å². The van der Waals surface area contributed by atoms with Crippen molar-refractivity contribution in [1.82, 2.24) is 9.80 Å². The lowest BCUT2D eigenvalue weighted by Crippen LogP contribution is -2.52. The highest BCUT2D eigenvalue weighted by Gasteiger charge is 2.35. The number of carbonyl (C=O) groups is 3. The Morgan fingerprint density at radius 1 is 1.29 bits per heavy atom. The Bertz CT molecular complexity index is 751. The fourth-order valence-corrected chi connectivity index (χ4v) is 2.58. The number of benzene rings is 1. The first-order chi connectivity index (χ1) is 11.2. The highest BCUT2D eigenvalue weighted by atomic mass is 79.9. The van der Waals surface area contributed by atoms with Crippen LogP contribution in [0.15, 0.2) is 28.2 Å². The molecule has 1 aromatic rings. The minimum Gasteiger partial charge on any atom is -0.481 e. The molecule has 0 aromatic heterocycles. The van der Waals surface area contributed by atoms with E-state index < -0.39 is 24.4 Å². The van der Waals surface area contributed by atoms with Crippen molar-refractivity contribution < 1.29 is 24.2 Å². The van der Waals surface area contributed by atoms with Gasteiger partial charge in [-0.3, -0.25) is 19.4 Å². The molecule has 2 rings (SSSR count). The summed E-state index contributed by atoms with van der Waals surface area (Å²) in [6, 6.07) is 4.84. The number of halogens is 1.